The van der Waals surface area contributed by atoms with Crippen LogP contribution in [-0.4, -0.2) is 19.8 Å². The Bertz CT molecular complexity index is 331. The first-order valence-electron chi connectivity index (χ1n) is 5.24. The van der Waals surface area contributed by atoms with Gasteiger partial charge in [0.2, 0.25) is 0 Å². The Morgan fingerprint density at radius 3 is 2.62 bits per heavy atom. The lowest BCUT2D eigenvalue weighted by molar-refractivity contribution is -0.000223. The van der Waals surface area contributed by atoms with E-state index in [0.717, 1.165) is 11.1 Å². The van der Waals surface area contributed by atoms with Crippen LogP contribution in [0.15, 0.2) is 18.2 Å². The largest absolute Gasteiger partial charge is 0.382 e. The van der Waals surface area contributed by atoms with Crippen molar-refractivity contribution in [3.05, 3.63) is 35.1 Å². The topological polar surface area (TPSA) is 44.5 Å². The predicted octanol–water partition coefficient (Wildman–Crippen LogP) is 1.84. The molecule has 0 saturated heterocycles. The van der Waals surface area contributed by atoms with Gasteiger partial charge in [-0.25, -0.2) is 4.39 Å². The highest BCUT2D eigenvalue weighted by molar-refractivity contribution is 5.24. The van der Waals surface area contributed by atoms with Crippen LogP contribution in [0.1, 0.15) is 18.1 Å². The Labute approximate surface area is 95.4 Å². The summed E-state index contributed by atoms with van der Waals surface area (Å²) in [5.74, 6) is -0.277. The molecule has 3 nitrogen and oxygen atoms in total. The molecule has 1 rings (SSSR count). The lowest BCUT2D eigenvalue weighted by Gasteiger charge is -2.12. The summed E-state index contributed by atoms with van der Waals surface area (Å²) in [6.07, 6.45) is -0.00501. The fraction of sp³-hybridized carbons (Fsp3) is 0.500. The Balaban J connectivity index is 2.56. The molecule has 1 atom stereocenters. The number of halogens is 1. The lowest BCUT2D eigenvalue weighted by Crippen LogP contribution is -2.14. The molecule has 1 aromatic rings. The van der Waals surface area contributed by atoms with Crippen LogP contribution in [0, 0.1) is 5.82 Å². The van der Waals surface area contributed by atoms with E-state index in [9.17, 15) is 4.39 Å². The summed E-state index contributed by atoms with van der Waals surface area (Å²) in [4.78, 5) is 0. The van der Waals surface area contributed by atoms with Gasteiger partial charge in [-0.2, -0.15) is 0 Å². The van der Waals surface area contributed by atoms with E-state index >= 15 is 0 Å². The van der Waals surface area contributed by atoms with Crippen molar-refractivity contribution in [2.75, 3.05) is 13.7 Å². The maximum atomic E-state index is 13.2. The fourth-order valence-electron chi connectivity index (χ4n) is 1.44. The summed E-state index contributed by atoms with van der Waals surface area (Å²) in [5.41, 5.74) is 7.03. The lowest BCUT2D eigenvalue weighted by atomic mass is 10.1. The van der Waals surface area contributed by atoms with Gasteiger partial charge in [-0.05, 0) is 30.2 Å². The van der Waals surface area contributed by atoms with Gasteiger partial charge in [-0.15, -0.1) is 0 Å². The number of benzene rings is 1. The molecule has 1 unspecified atom stereocenters. The molecule has 90 valence electrons. The minimum absolute atomic E-state index is 0.00501. The van der Waals surface area contributed by atoms with Gasteiger partial charge in [0.15, 0.2) is 0 Å². The van der Waals surface area contributed by atoms with Crippen LogP contribution >= 0.6 is 0 Å². The third kappa shape index (κ3) is 4.26. The molecule has 0 bridgehead atoms. The number of hydrogen-bond acceptors (Lipinski definition) is 3. The molecule has 0 aliphatic carbocycles. The minimum atomic E-state index is -0.277. The monoisotopic (exact) mass is 227 g/mol. The summed E-state index contributed by atoms with van der Waals surface area (Å²) in [6, 6.07) is 4.74. The Hall–Kier alpha value is -0.970. The van der Waals surface area contributed by atoms with Crippen LogP contribution in [0.2, 0.25) is 0 Å². The molecule has 0 aliphatic rings. The molecule has 0 amide bonds. The highest BCUT2D eigenvalue weighted by atomic mass is 19.1. The van der Waals surface area contributed by atoms with Crippen LogP contribution in [0.5, 0.6) is 0 Å². The van der Waals surface area contributed by atoms with E-state index < -0.39 is 0 Å². The zero-order chi connectivity index (χ0) is 12.0. The summed E-state index contributed by atoms with van der Waals surface area (Å²) in [5, 5.41) is 0. The number of ether oxygens (including phenoxy) is 2. The number of nitrogens with two attached hydrogens (primary N) is 1. The van der Waals surface area contributed by atoms with Crippen molar-refractivity contribution in [1.29, 1.82) is 0 Å². The van der Waals surface area contributed by atoms with Gasteiger partial charge in [0.1, 0.15) is 5.82 Å². The van der Waals surface area contributed by atoms with Crippen LogP contribution in [0.25, 0.3) is 0 Å². The van der Waals surface area contributed by atoms with E-state index in [1.54, 1.807) is 7.11 Å². The standard InChI is InChI=1S/C12H18FNO2/c1-9(7-15-2)16-8-11-3-10(6-14)4-12(13)5-11/h3-5,9H,6-8,14H2,1-2H3. The molecule has 4 heteroatoms. The second-order valence-electron chi connectivity index (χ2n) is 3.75. The van der Waals surface area contributed by atoms with Gasteiger partial charge < -0.3 is 15.2 Å². The van der Waals surface area contributed by atoms with Crippen molar-refractivity contribution in [2.45, 2.75) is 26.2 Å². The van der Waals surface area contributed by atoms with E-state index in [1.165, 1.54) is 12.1 Å². The van der Waals surface area contributed by atoms with Crippen LogP contribution in [0.3, 0.4) is 0 Å². The summed E-state index contributed by atoms with van der Waals surface area (Å²) in [6.45, 7) is 3.14. The SMILES string of the molecule is COCC(C)OCc1cc(F)cc(CN)c1. The molecule has 16 heavy (non-hydrogen) atoms. The number of methoxy groups -OCH3 is 1. The summed E-state index contributed by atoms with van der Waals surface area (Å²) < 4.78 is 23.6. The van der Waals surface area contributed by atoms with E-state index in [-0.39, 0.29) is 11.9 Å². The maximum absolute atomic E-state index is 13.2. The van der Waals surface area contributed by atoms with Crippen molar-refractivity contribution in [3.63, 3.8) is 0 Å². The molecule has 1 aromatic carbocycles. The first-order valence-corrected chi connectivity index (χ1v) is 5.24. The van der Waals surface area contributed by atoms with Gasteiger partial charge in [-0.1, -0.05) is 6.07 Å². The Morgan fingerprint density at radius 1 is 1.31 bits per heavy atom. The third-order valence-electron chi connectivity index (χ3n) is 2.19. The van der Waals surface area contributed by atoms with E-state index in [2.05, 4.69) is 0 Å². The highest BCUT2D eigenvalue weighted by Gasteiger charge is 2.04. The zero-order valence-corrected chi connectivity index (χ0v) is 9.70. The van der Waals surface area contributed by atoms with Crippen molar-refractivity contribution in [1.82, 2.24) is 0 Å². The van der Waals surface area contributed by atoms with Crippen molar-refractivity contribution in [3.8, 4) is 0 Å². The van der Waals surface area contributed by atoms with E-state index in [4.69, 9.17) is 15.2 Å². The minimum Gasteiger partial charge on any atom is -0.382 e. The van der Waals surface area contributed by atoms with Crippen molar-refractivity contribution < 1.29 is 13.9 Å². The molecular formula is C12H18FNO2. The third-order valence-corrected chi connectivity index (χ3v) is 2.19. The molecule has 0 aliphatic heterocycles. The second-order valence-corrected chi connectivity index (χ2v) is 3.75. The van der Waals surface area contributed by atoms with Crippen molar-refractivity contribution in [2.24, 2.45) is 5.73 Å². The summed E-state index contributed by atoms with van der Waals surface area (Å²) >= 11 is 0. The molecule has 0 aromatic heterocycles. The number of hydrogen-bond donors (Lipinski definition) is 1. The second kappa shape index (κ2) is 6.58. The van der Waals surface area contributed by atoms with Gasteiger partial charge >= 0.3 is 0 Å². The van der Waals surface area contributed by atoms with Crippen molar-refractivity contribution >= 4 is 0 Å². The molecular weight excluding hydrogens is 209 g/mol. The average Bonchev–Trinajstić information content (AvgIpc) is 2.26. The quantitative estimate of drug-likeness (QED) is 0.806. The predicted molar refractivity (Wildman–Crippen MR) is 60.4 cm³/mol. The average molecular weight is 227 g/mol. The normalized spacial score (nSPS) is 12.8. The molecule has 2 N–H and O–H groups in total. The molecule has 0 spiro atoms. The van der Waals surface area contributed by atoms with Crippen LogP contribution in [-0.2, 0) is 22.6 Å². The van der Waals surface area contributed by atoms with Gasteiger partial charge in [-0.3, -0.25) is 0 Å². The van der Waals surface area contributed by atoms with Crippen LogP contribution in [0.4, 0.5) is 4.39 Å². The first kappa shape index (κ1) is 13.1. The Morgan fingerprint density at radius 2 is 2.00 bits per heavy atom. The maximum Gasteiger partial charge on any atom is 0.123 e. The van der Waals surface area contributed by atoms with Gasteiger partial charge in [0.05, 0.1) is 19.3 Å². The summed E-state index contributed by atoms with van der Waals surface area (Å²) in [7, 11) is 1.62. The molecule has 0 heterocycles. The van der Waals surface area contributed by atoms with Gasteiger partial charge in [0, 0.05) is 13.7 Å². The Kier molecular flexibility index (Phi) is 5.38. The van der Waals surface area contributed by atoms with E-state index in [0.29, 0.717) is 19.8 Å². The number of rotatable bonds is 6. The molecule has 0 fully saturated rings. The molecule has 0 saturated carbocycles. The van der Waals surface area contributed by atoms with Gasteiger partial charge in [0.25, 0.3) is 0 Å². The fourth-order valence-corrected chi connectivity index (χ4v) is 1.44. The highest BCUT2D eigenvalue weighted by Crippen LogP contribution is 2.11. The first-order chi connectivity index (χ1) is 7.65. The van der Waals surface area contributed by atoms with Crippen LogP contribution < -0.4 is 5.73 Å². The smallest absolute Gasteiger partial charge is 0.123 e. The zero-order valence-electron chi connectivity index (χ0n) is 9.70. The van der Waals surface area contributed by atoms with E-state index in [1.807, 2.05) is 13.0 Å². The molecule has 0 radical (unpaired) electrons.